The van der Waals surface area contributed by atoms with Gasteiger partial charge in [0.1, 0.15) is 4.99 Å². The molecular weight excluding hydrogens is 228 g/mol. The molecule has 1 aliphatic heterocycles. The molecule has 0 amide bonds. The Labute approximate surface area is 108 Å². The number of piperidine rings is 1. The Morgan fingerprint density at radius 1 is 1.41 bits per heavy atom. The summed E-state index contributed by atoms with van der Waals surface area (Å²) in [5, 5.41) is 0. The van der Waals surface area contributed by atoms with Crippen molar-refractivity contribution >= 4 is 22.9 Å². The first-order chi connectivity index (χ1) is 8.15. The van der Waals surface area contributed by atoms with Crippen LogP contribution in [-0.2, 0) is 0 Å². The molecule has 1 aliphatic carbocycles. The lowest BCUT2D eigenvalue weighted by Crippen LogP contribution is -2.31. The SMILES string of the molecule is Cc1cc(N2CC3CCC2C3)ccc1C(N)=S. The lowest BCUT2D eigenvalue weighted by molar-refractivity contribution is 0.553. The van der Waals surface area contributed by atoms with Gasteiger partial charge in [-0.05, 0) is 55.9 Å². The van der Waals surface area contributed by atoms with Crippen molar-refractivity contribution in [1.82, 2.24) is 0 Å². The Bertz CT molecular complexity index is 469. The molecule has 1 aromatic carbocycles. The van der Waals surface area contributed by atoms with Gasteiger partial charge in [-0.25, -0.2) is 0 Å². The highest BCUT2D eigenvalue weighted by Gasteiger charge is 2.37. The first kappa shape index (κ1) is 11.0. The van der Waals surface area contributed by atoms with E-state index in [1.165, 1.54) is 37.1 Å². The summed E-state index contributed by atoms with van der Waals surface area (Å²) >= 11 is 5.04. The van der Waals surface area contributed by atoms with Crippen molar-refractivity contribution in [2.75, 3.05) is 11.4 Å². The highest BCUT2D eigenvalue weighted by Crippen LogP contribution is 2.40. The minimum atomic E-state index is 0.497. The fourth-order valence-corrected chi connectivity index (χ4v) is 3.57. The van der Waals surface area contributed by atoms with E-state index in [2.05, 4.69) is 30.0 Å². The molecule has 2 nitrogen and oxygen atoms in total. The molecule has 0 spiro atoms. The van der Waals surface area contributed by atoms with Crippen molar-refractivity contribution in [3.8, 4) is 0 Å². The molecule has 3 heteroatoms. The van der Waals surface area contributed by atoms with Crippen LogP contribution < -0.4 is 10.6 Å². The fourth-order valence-electron chi connectivity index (χ4n) is 3.34. The summed E-state index contributed by atoms with van der Waals surface area (Å²) in [5.74, 6) is 0.926. The summed E-state index contributed by atoms with van der Waals surface area (Å²) in [6, 6.07) is 7.24. The molecule has 0 aromatic heterocycles. The van der Waals surface area contributed by atoms with Gasteiger partial charge < -0.3 is 10.6 Å². The molecule has 2 fully saturated rings. The topological polar surface area (TPSA) is 29.3 Å². The molecule has 1 saturated heterocycles. The van der Waals surface area contributed by atoms with Crippen LogP contribution in [0.3, 0.4) is 0 Å². The van der Waals surface area contributed by atoms with Gasteiger partial charge in [0.2, 0.25) is 0 Å². The van der Waals surface area contributed by atoms with Crippen LogP contribution in [-0.4, -0.2) is 17.6 Å². The molecular formula is C14H18N2S. The second kappa shape index (κ2) is 3.98. The number of rotatable bonds is 2. The highest BCUT2D eigenvalue weighted by molar-refractivity contribution is 7.80. The Hall–Kier alpha value is -1.09. The second-order valence-corrected chi connectivity index (χ2v) is 5.79. The highest BCUT2D eigenvalue weighted by atomic mass is 32.1. The summed E-state index contributed by atoms with van der Waals surface area (Å²) in [4.78, 5) is 3.06. The number of benzene rings is 1. The van der Waals surface area contributed by atoms with E-state index in [0.29, 0.717) is 4.99 Å². The summed E-state index contributed by atoms with van der Waals surface area (Å²) in [6.07, 6.45) is 4.17. The number of hydrogen-bond acceptors (Lipinski definition) is 2. The van der Waals surface area contributed by atoms with Gasteiger partial charge in [-0.3, -0.25) is 0 Å². The molecule has 2 atom stereocenters. The van der Waals surface area contributed by atoms with Crippen LogP contribution in [0, 0.1) is 12.8 Å². The van der Waals surface area contributed by atoms with Gasteiger partial charge in [-0.15, -0.1) is 0 Å². The standard InChI is InChI=1S/C14H18N2S/c1-9-6-11(4-5-13(9)14(15)17)16-8-10-2-3-12(16)7-10/h4-6,10,12H,2-3,7-8H2,1H3,(H2,15,17). The molecule has 2 unspecified atom stereocenters. The van der Waals surface area contributed by atoms with Crippen molar-refractivity contribution in [3.05, 3.63) is 29.3 Å². The zero-order valence-corrected chi connectivity index (χ0v) is 11.0. The minimum absolute atomic E-state index is 0.497. The van der Waals surface area contributed by atoms with E-state index in [4.69, 9.17) is 18.0 Å². The summed E-state index contributed by atoms with van der Waals surface area (Å²) < 4.78 is 0. The molecule has 3 rings (SSSR count). The Balaban J connectivity index is 1.89. The lowest BCUT2D eigenvalue weighted by atomic mass is 10.1. The maximum absolute atomic E-state index is 5.70. The number of nitrogens with zero attached hydrogens (tertiary/aromatic N) is 1. The predicted octanol–water partition coefficient (Wildman–Crippen LogP) is 2.62. The monoisotopic (exact) mass is 246 g/mol. The number of hydrogen-bond donors (Lipinski definition) is 1. The van der Waals surface area contributed by atoms with E-state index in [9.17, 15) is 0 Å². The first-order valence-electron chi connectivity index (χ1n) is 6.32. The van der Waals surface area contributed by atoms with Gasteiger partial charge in [-0.2, -0.15) is 0 Å². The average Bonchev–Trinajstić information content (AvgIpc) is 2.89. The molecule has 2 bridgehead atoms. The van der Waals surface area contributed by atoms with Crippen molar-refractivity contribution in [3.63, 3.8) is 0 Å². The number of thiocarbonyl (C=S) groups is 1. The van der Waals surface area contributed by atoms with Crippen molar-refractivity contribution in [1.29, 1.82) is 0 Å². The van der Waals surface area contributed by atoms with E-state index >= 15 is 0 Å². The zero-order valence-electron chi connectivity index (χ0n) is 10.1. The van der Waals surface area contributed by atoms with Gasteiger partial charge in [0, 0.05) is 23.8 Å². The molecule has 1 aromatic rings. The van der Waals surface area contributed by atoms with Crippen LogP contribution in [0.4, 0.5) is 5.69 Å². The average molecular weight is 246 g/mol. The van der Waals surface area contributed by atoms with E-state index in [0.717, 1.165) is 17.5 Å². The molecule has 2 N–H and O–H groups in total. The number of fused-ring (bicyclic) bond motifs is 2. The number of aryl methyl sites for hydroxylation is 1. The summed E-state index contributed by atoms with van der Waals surface area (Å²) in [5.41, 5.74) is 9.24. The molecule has 1 heterocycles. The van der Waals surface area contributed by atoms with E-state index in [-0.39, 0.29) is 0 Å². The Kier molecular flexibility index (Phi) is 2.58. The number of anilines is 1. The summed E-state index contributed by atoms with van der Waals surface area (Å²) in [6.45, 7) is 3.32. The van der Waals surface area contributed by atoms with Crippen LogP contribution in [0.5, 0.6) is 0 Å². The Morgan fingerprint density at radius 3 is 2.76 bits per heavy atom. The molecule has 0 radical (unpaired) electrons. The predicted molar refractivity (Wildman–Crippen MR) is 75.5 cm³/mol. The van der Waals surface area contributed by atoms with Crippen molar-refractivity contribution in [2.45, 2.75) is 32.2 Å². The van der Waals surface area contributed by atoms with E-state index in [1.54, 1.807) is 0 Å². The van der Waals surface area contributed by atoms with Crippen LogP contribution in [0.1, 0.15) is 30.4 Å². The molecule has 17 heavy (non-hydrogen) atoms. The second-order valence-electron chi connectivity index (χ2n) is 5.35. The maximum atomic E-state index is 5.70. The van der Waals surface area contributed by atoms with E-state index in [1.807, 2.05) is 0 Å². The fraction of sp³-hybridized carbons (Fsp3) is 0.500. The third kappa shape index (κ3) is 1.82. The minimum Gasteiger partial charge on any atom is -0.389 e. The number of nitrogens with two attached hydrogens (primary N) is 1. The summed E-state index contributed by atoms with van der Waals surface area (Å²) in [7, 11) is 0. The van der Waals surface area contributed by atoms with Crippen LogP contribution >= 0.6 is 12.2 Å². The van der Waals surface area contributed by atoms with E-state index < -0.39 is 0 Å². The van der Waals surface area contributed by atoms with Gasteiger partial charge in [0.25, 0.3) is 0 Å². The molecule has 2 aliphatic rings. The van der Waals surface area contributed by atoms with Crippen LogP contribution in [0.25, 0.3) is 0 Å². The van der Waals surface area contributed by atoms with Gasteiger partial charge in [0.05, 0.1) is 0 Å². The van der Waals surface area contributed by atoms with Crippen LogP contribution in [0.15, 0.2) is 18.2 Å². The van der Waals surface area contributed by atoms with Gasteiger partial charge >= 0.3 is 0 Å². The first-order valence-corrected chi connectivity index (χ1v) is 6.73. The smallest absolute Gasteiger partial charge is 0.104 e. The Morgan fingerprint density at radius 2 is 2.24 bits per heavy atom. The van der Waals surface area contributed by atoms with Crippen molar-refractivity contribution in [2.24, 2.45) is 11.7 Å². The largest absolute Gasteiger partial charge is 0.389 e. The maximum Gasteiger partial charge on any atom is 0.104 e. The normalized spacial score (nSPS) is 26.5. The van der Waals surface area contributed by atoms with Gasteiger partial charge in [0.15, 0.2) is 0 Å². The van der Waals surface area contributed by atoms with Crippen LogP contribution in [0.2, 0.25) is 0 Å². The lowest BCUT2D eigenvalue weighted by Gasteiger charge is -2.29. The molecule has 90 valence electrons. The van der Waals surface area contributed by atoms with Gasteiger partial charge in [-0.1, -0.05) is 12.2 Å². The zero-order chi connectivity index (χ0) is 12.0. The van der Waals surface area contributed by atoms with Crippen molar-refractivity contribution < 1.29 is 0 Å². The third-order valence-corrected chi connectivity index (χ3v) is 4.44. The quantitative estimate of drug-likeness (QED) is 0.813. The molecule has 1 saturated carbocycles. The third-order valence-electron chi connectivity index (χ3n) is 4.22.